The Balaban J connectivity index is 1.87. The highest BCUT2D eigenvalue weighted by Crippen LogP contribution is 2.39. The molecule has 23 heavy (non-hydrogen) atoms. The molecule has 7 heteroatoms. The molecule has 0 radical (unpaired) electrons. The summed E-state index contributed by atoms with van der Waals surface area (Å²) >= 11 is 0. The fraction of sp³-hybridized carbons (Fsp3) is 0.500. The fourth-order valence-electron chi connectivity index (χ4n) is 3.19. The van der Waals surface area contributed by atoms with Gasteiger partial charge in [0.1, 0.15) is 0 Å². The first-order valence-corrected chi connectivity index (χ1v) is 7.60. The minimum Gasteiger partial charge on any atom is -0.490 e. The van der Waals surface area contributed by atoms with Crippen LogP contribution < -0.4 is 9.64 Å². The summed E-state index contributed by atoms with van der Waals surface area (Å²) in [7, 11) is 1.44. The molecule has 2 heterocycles. The van der Waals surface area contributed by atoms with Crippen molar-refractivity contribution in [1.82, 2.24) is 0 Å². The van der Waals surface area contributed by atoms with E-state index in [2.05, 4.69) is 11.5 Å². The van der Waals surface area contributed by atoms with Gasteiger partial charge in [0.05, 0.1) is 25.2 Å². The van der Waals surface area contributed by atoms with Crippen LogP contribution in [0.3, 0.4) is 0 Å². The number of nitrogens with zero attached hydrogens (tertiary/aromatic N) is 2. The Morgan fingerprint density at radius 2 is 2.00 bits per heavy atom. The van der Waals surface area contributed by atoms with Gasteiger partial charge < -0.3 is 19.1 Å². The Bertz CT molecular complexity index is 615. The van der Waals surface area contributed by atoms with Crippen LogP contribution in [0, 0.1) is 10.1 Å². The van der Waals surface area contributed by atoms with E-state index in [9.17, 15) is 10.1 Å². The molecule has 0 unspecified atom stereocenters. The van der Waals surface area contributed by atoms with Crippen LogP contribution in [0.5, 0.6) is 5.75 Å². The standard InChI is InChI=1S/C16H20N2O5/c1-3-12-10-14(18(19)20)15(21-2)11-13(12)17-6-4-16(5-7-17)22-8-9-23-16/h3,10-11H,1,4-9H2,2H3. The summed E-state index contributed by atoms with van der Waals surface area (Å²) in [6.07, 6.45) is 3.17. The molecule has 0 aliphatic carbocycles. The van der Waals surface area contributed by atoms with Crippen LogP contribution in [0.1, 0.15) is 18.4 Å². The molecule has 2 aliphatic rings. The quantitative estimate of drug-likeness (QED) is 0.627. The van der Waals surface area contributed by atoms with Gasteiger partial charge in [-0.2, -0.15) is 0 Å². The van der Waals surface area contributed by atoms with Crippen molar-refractivity contribution in [1.29, 1.82) is 0 Å². The number of methoxy groups -OCH3 is 1. The molecule has 1 aromatic carbocycles. The van der Waals surface area contributed by atoms with Crippen molar-refractivity contribution in [2.45, 2.75) is 18.6 Å². The van der Waals surface area contributed by atoms with Crippen LogP contribution in [-0.2, 0) is 9.47 Å². The molecule has 0 saturated carbocycles. The first-order valence-electron chi connectivity index (χ1n) is 7.60. The summed E-state index contributed by atoms with van der Waals surface area (Å²) in [6, 6.07) is 3.22. The van der Waals surface area contributed by atoms with E-state index in [1.807, 2.05) is 0 Å². The van der Waals surface area contributed by atoms with Crippen molar-refractivity contribution in [3.63, 3.8) is 0 Å². The van der Waals surface area contributed by atoms with E-state index in [0.29, 0.717) is 13.2 Å². The first-order chi connectivity index (χ1) is 11.1. The Labute approximate surface area is 134 Å². The molecule has 0 bridgehead atoms. The maximum absolute atomic E-state index is 11.2. The molecule has 0 amide bonds. The maximum Gasteiger partial charge on any atom is 0.311 e. The summed E-state index contributed by atoms with van der Waals surface area (Å²) in [6.45, 7) is 6.56. The number of hydrogen-bond acceptors (Lipinski definition) is 6. The lowest BCUT2D eigenvalue weighted by Gasteiger charge is -2.39. The Morgan fingerprint density at radius 3 is 2.52 bits per heavy atom. The van der Waals surface area contributed by atoms with E-state index >= 15 is 0 Å². The zero-order chi connectivity index (χ0) is 16.4. The number of piperidine rings is 1. The number of anilines is 1. The Kier molecular flexibility index (Phi) is 4.23. The zero-order valence-corrected chi connectivity index (χ0v) is 13.1. The van der Waals surface area contributed by atoms with Gasteiger partial charge in [0.2, 0.25) is 0 Å². The highest BCUT2D eigenvalue weighted by Gasteiger charge is 2.40. The molecule has 7 nitrogen and oxygen atoms in total. The largest absolute Gasteiger partial charge is 0.490 e. The minimum absolute atomic E-state index is 0.0536. The average molecular weight is 320 g/mol. The van der Waals surface area contributed by atoms with E-state index < -0.39 is 10.7 Å². The molecule has 0 atom stereocenters. The fourth-order valence-corrected chi connectivity index (χ4v) is 3.19. The van der Waals surface area contributed by atoms with Crippen LogP contribution in [0.15, 0.2) is 18.7 Å². The Hall–Kier alpha value is -2.12. The number of hydrogen-bond donors (Lipinski definition) is 0. The highest BCUT2D eigenvalue weighted by molar-refractivity contribution is 5.73. The summed E-state index contributed by atoms with van der Waals surface area (Å²) < 4.78 is 16.6. The van der Waals surface area contributed by atoms with Crippen molar-refractivity contribution in [2.24, 2.45) is 0 Å². The van der Waals surface area contributed by atoms with Gasteiger partial charge in [-0.05, 0) is 0 Å². The lowest BCUT2D eigenvalue weighted by atomic mass is 10.0. The van der Waals surface area contributed by atoms with Crippen molar-refractivity contribution in [3.05, 3.63) is 34.4 Å². The van der Waals surface area contributed by atoms with Crippen molar-refractivity contribution in [3.8, 4) is 5.75 Å². The number of ether oxygens (including phenoxy) is 3. The number of nitro groups is 1. The zero-order valence-electron chi connectivity index (χ0n) is 13.1. The van der Waals surface area contributed by atoms with Gasteiger partial charge in [0, 0.05) is 49.3 Å². The summed E-state index contributed by atoms with van der Waals surface area (Å²) in [5.74, 6) is -0.195. The van der Waals surface area contributed by atoms with Gasteiger partial charge in [0.25, 0.3) is 0 Å². The second kappa shape index (κ2) is 6.17. The third kappa shape index (κ3) is 2.89. The van der Waals surface area contributed by atoms with Crippen LogP contribution in [0.25, 0.3) is 6.08 Å². The third-order valence-corrected chi connectivity index (χ3v) is 4.42. The normalized spacial score (nSPS) is 19.8. The molecule has 124 valence electrons. The monoisotopic (exact) mass is 320 g/mol. The smallest absolute Gasteiger partial charge is 0.311 e. The second-order valence-corrected chi connectivity index (χ2v) is 5.64. The lowest BCUT2D eigenvalue weighted by molar-refractivity contribution is -0.385. The summed E-state index contributed by atoms with van der Waals surface area (Å²) in [5.41, 5.74) is 1.55. The topological polar surface area (TPSA) is 74.1 Å². The molecule has 2 saturated heterocycles. The molecule has 2 aliphatic heterocycles. The van der Waals surface area contributed by atoms with Crippen LogP contribution >= 0.6 is 0 Å². The molecule has 0 aromatic heterocycles. The molecule has 0 N–H and O–H groups in total. The van der Waals surface area contributed by atoms with Crippen molar-refractivity contribution in [2.75, 3.05) is 38.3 Å². The Morgan fingerprint density at radius 1 is 1.35 bits per heavy atom. The molecular weight excluding hydrogens is 300 g/mol. The molecule has 2 fully saturated rings. The number of rotatable bonds is 4. The van der Waals surface area contributed by atoms with E-state index in [-0.39, 0.29) is 11.4 Å². The van der Waals surface area contributed by atoms with Crippen molar-refractivity contribution >= 4 is 17.5 Å². The van der Waals surface area contributed by atoms with E-state index in [1.165, 1.54) is 13.2 Å². The predicted octanol–water partition coefficient (Wildman–Crippen LogP) is 2.59. The van der Waals surface area contributed by atoms with Gasteiger partial charge in [-0.25, -0.2) is 0 Å². The first kappa shape index (κ1) is 15.8. The SMILES string of the molecule is C=Cc1cc([N+](=O)[O-])c(OC)cc1N1CCC2(CC1)OCCO2. The van der Waals surface area contributed by atoms with E-state index in [1.54, 1.807) is 12.1 Å². The molecule has 1 spiro atoms. The predicted molar refractivity (Wildman–Crippen MR) is 85.8 cm³/mol. The lowest BCUT2D eigenvalue weighted by Crippen LogP contribution is -2.45. The van der Waals surface area contributed by atoms with E-state index in [4.69, 9.17) is 14.2 Å². The van der Waals surface area contributed by atoms with Gasteiger partial charge in [-0.1, -0.05) is 12.7 Å². The molecular formula is C16H20N2O5. The van der Waals surface area contributed by atoms with Gasteiger partial charge in [-0.3, -0.25) is 10.1 Å². The number of benzene rings is 1. The van der Waals surface area contributed by atoms with Crippen molar-refractivity contribution < 1.29 is 19.1 Å². The summed E-state index contributed by atoms with van der Waals surface area (Å²) in [5, 5.41) is 11.2. The van der Waals surface area contributed by atoms with Crippen LogP contribution in [-0.4, -0.2) is 44.1 Å². The number of nitro benzene ring substituents is 1. The highest BCUT2D eigenvalue weighted by atomic mass is 16.7. The van der Waals surface area contributed by atoms with Gasteiger partial charge in [0.15, 0.2) is 11.5 Å². The van der Waals surface area contributed by atoms with Crippen LogP contribution in [0.4, 0.5) is 11.4 Å². The van der Waals surface area contributed by atoms with Gasteiger partial charge in [-0.15, -0.1) is 0 Å². The molecule has 1 aromatic rings. The maximum atomic E-state index is 11.2. The van der Waals surface area contributed by atoms with Crippen LogP contribution in [0.2, 0.25) is 0 Å². The second-order valence-electron chi connectivity index (χ2n) is 5.64. The minimum atomic E-state index is -0.449. The van der Waals surface area contributed by atoms with E-state index in [0.717, 1.165) is 37.2 Å². The average Bonchev–Trinajstić information content (AvgIpc) is 3.02. The summed E-state index contributed by atoms with van der Waals surface area (Å²) in [4.78, 5) is 12.9. The molecule has 3 rings (SSSR count). The third-order valence-electron chi connectivity index (χ3n) is 4.42. The van der Waals surface area contributed by atoms with Gasteiger partial charge >= 0.3 is 5.69 Å².